The van der Waals surface area contributed by atoms with Crippen molar-refractivity contribution in [3.63, 3.8) is 0 Å². The zero-order valence-corrected chi connectivity index (χ0v) is 6.23. The first-order chi connectivity index (χ1) is 4.90. The summed E-state index contributed by atoms with van der Waals surface area (Å²) < 4.78 is 25.6. The molecule has 0 aromatic heterocycles. The number of ketones is 1. The molecule has 0 atom stereocenters. The number of alkyl halides is 2. The lowest BCUT2D eigenvalue weighted by Crippen LogP contribution is -2.56. The summed E-state index contributed by atoms with van der Waals surface area (Å²) in [6.07, 6.45) is 0.624. The van der Waals surface area contributed by atoms with Crippen LogP contribution in [-0.2, 0) is 4.79 Å². The van der Waals surface area contributed by atoms with E-state index in [4.69, 9.17) is 5.11 Å². The van der Waals surface area contributed by atoms with Crippen LogP contribution in [-0.4, -0.2) is 22.4 Å². The van der Waals surface area contributed by atoms with Gasteiger partial charge in [-0.15, -0.1) is 0 Å². The third kappa shape index (κ3) is 1.05. The average Bonchev–Trinajstić information content (AvgIpc) is 1.82. The van der Waals surface area contributed by atoms with Gasteiger partial charge in [0, 0.05) is 6.92 Å². The number of Topliss-reactive ketones (excluding diaryl/α,β-unsaturated/α-hetero) is 1. The van der Waals surface area contributed by atoms with Crippen molar-refractivity contribution in [2.45, 2.75) is 37.7 Å². The standard InChI is InChI=1S/C7H10F2O2/c1-5(10)7(8,9)6(11)3-2-4-6/h11H,2-4H2,1H3. The van der Waals surface area contributed by atoms with Gasteiger partial charge in [-0.05, 0) is 19.3 Å². The van der Waals surface area contributed by atoms with Crippen molar-refractivity contribution in [1.29, 1.82) is 0 Å². The Morgan fingerprint density at radius 1 is 1.55 bits per heavy atom. The predicted octanol–water partition coefficient (Wildman–Crippen LogP) is 1.13. The quantitative estimate of drug-likeness (QED) is 0.664. The van der Waals surface area contributed by atoms with Crippen molar-refractivity contribution >= 4 is 5.78 Å². The number of rotatable bonds is 2. The number of hydrogen-bond acceptors (Lipinski definition) is 2. The first kappa shape index (κ1) is 8.59. The van der Waals surface area contributed by atoms with E-state index in [1.807, 2.05) is 0 Å². The van der Waals surface area contributed by atoms with Crippen LogP contribution in [0.5, 0.6) is 0 Å². The number of aliphatic hydroxyl groups is 1. The molecule has 0 amide bonds. The van der Waals surface area contributed by atoms with Gasteiger partial charge in [0.05, 0.1) is 0 Å². The maximum absolute atomic E-state index is 12.8. The Morgan fingerprint density at radius 2 is 2.00 bits per heavy atom. The van der Waals surface area contributed by atoms with E-state index in [0.29, 0.717) is 6.42 Å². The molecule has 0 aliphatic heterocycles. The number of carbonyl (C=O) groups excluding carboxylic acids is 1. The number of halogens is 2. The topological polar surface area (TPSA) is 37.3 Å². The highest BCUT2D eigenvalue weighted by Crippen LogP contribution is 2.44. The van der Waals surface area contributed by atoms with Gasteiger partial charge in [-0.25, -0.2) is 0 Å². The molecule has 0 bridgehead atoms. The van der Waals surface area contributed by atoms with Crippen molar-refractivity contribution < 1.29 is 18.7 Å². The Morgan fingerprint density at radius 3 is 2.09 bits per heavy atom. The van der Waals surface area contributed by atoms with Gasteiger partial charge < -0.3 is 5.11 Å². The van der Waals surface area contributed by atoms with E-state index in [9.17, 15) is 13.6 Å². The first-order valence-corrected chi connectivity index (χ1v) is 3.51. The highest BCUT2D eigenvalue weighted by molar-refractivity contribution is 5.84. The smallest absolute Gasteiger partial charge is 0.332 e. The molecule has 1 saturated carbocycles. The molecule has 1 aliphatic carbocycles. The fraction of sp³-hybridized carbons (Fsp3) is 0.857. The summed E-state index contributed by atoms with van der Waals surface area (Å²) in [5.41, 5.74) is -2.04. The highest BCUT2D eigenvalue weighted by Gasteiger charge is 2.59. The largest absolute Gasteiger partial charge is 0.383 e. The lowest BCUT2D eigenvalue weighted by atomic mass is 9.74. The minimum atomic E-state index is -3.55. The van der Waals surface area contributed by atoms with E-state index in [1.165, 1.54) is 0 Å². The van der Waals surface area contributed by atoms with E-state index in [-0.39, 0.29) is 12.8 Å². The van der Waals surface area contributed by atoms with Crippen molar-refractivity contribution in [3.8, 4) is 0 Å². The molecule has 0 aromatic rings. The van der Waals surface area contributed by atoms with Crippen molar-refractivity contribution in [2.24, 2.45) is 0 Å². The maximum atomic E-state index is 12.8. The molecule has 11 heavy (non-hydrogen) atoms. The van der Waals surface area contributed by atoms with Crippen molar-refractivity contribution in [3.05, 3.63) is 0 Å². The predicted molar refractivity (Wildman–Crippen MR) is 34.4 cm³/mol. The van der Waals surface area contributed by atoms with Crippen LogP contribution in [0, 0.1) is 0 Å². The van der Waals surface area contributed by atoms with Gasteiger partial charge in [0.15, 0.2) is 0 Å². The molecule has 2 nitrogen and oxygen atoms in total. The highest BCUT2D eigenvalue weighted by atomic mass is 19.3. The molecule has 0 spiro atoms. The Labute approximate surface area is 63.2 Å². The number of hydrogen-bond donors (Lipinski definition) is 1. The third-order valence-corrected chi connectivity index (χ3v) is 2.21. The van der Waals surface area contributed by atoms with Crippen LogP contribution < -0.4 is 0 Å². The molecule has 1 fully saturated rings. The van der Waals surface area contributed by atoms with Crippen LogP contribution >= 0.6 is 0 Å². The summed E-state index contributed by atoms with van der Waals surface area (Å²) in [5, 5.41) is 9.14. The van der Waals surface area contributed by atoms with Gasteiger partial charge in [0.2, 0.25) is 5.78 Å². The molecule has 0 aromatic carbocycles. The first-order valence-electron chi connectivity index (χ1n) is 3.51. The SMILES string of the molecule is CC(=O)C(F)(F)C1(O)CCC1. The van der Waals surface area contributed by atoms with Crippen LogP contribution in [0.25, 0.3) is 0 Å². The van der Waals surface area contributed by atoms with Gasteiger partial charge in [-0.3, -0.25) is 4.79 Å². The summed E-state index contributed by atoms with van der Waals surface area (Å²) in [6, 6.07) is 0. The molecule has 1 aliphatic rings. The van der Waals surface area contributed by atoms with Gasteiger partial charge in [0.1, 0.15) is 5.60 Å². The van der Waals surface area contributed by atoms with Crippen LogP contribution in [0.2, 0.25) is 0 Å². The van der Waals surface area contributed by atoms with Crippen LogP contribution in [0.3, 0.4) is 0 Å². The summed E-state index contributed by atoms with van der Waals surface area (Å²) >= 11 is 0. The zero-order valence-electron chi connectivity index (χ0n) is 6.23. The molecule has 0 saturated heterocycles. The molecule has 0 unspecified atom stereocenters. The van der Waals surface area contributed by atoms with E-state index in [2.05, 4.69) is 0 Å². The van der Waals surface area contributed by atoms with E-state index in [1.54, 1.807) is 0 Å². The zero-order chi connectivity index (χ0) is 8.70. The maximum Gasteiger partial charge on any atom is 0.332 e. The second-order valence-corrected chi connectivity index (χ2v) is 3.02. The number of carbonyl (C=O) groups is 1. The molecule has 64 valence electrons. The molecule has 1 N–H and O–H groups in total. The van der Waals surface area contributed by atoms with Crippen LogP contribution in [0.1, 0.15) is 26.2 Å². The van der Waals surface area contributed by atoms with E-state index in [0.717, 1.165) is 6.92 Å². The Bertz CT molecular complexity index is 185. The van der Waals surface area contributed by atoms with Crippen LogP contribution in [0.4, 0.5) is 8.78 Å². The van der Waals surface area contributed by atoms with E-state index >= 15 is 0 Å². The molecule has 0 radical (unpaired) electrons. The molecular weight excluding hydrogens is 154 g/mol. The van der Waals surface area contributed by atoms with Gasteiger partial charge in [-0.2, -0.15) is 8.78 Å². The van der Waals surface area contributed by atoms with Gasteiger partial charge >= 0.3 is 5.92 Å². The lowest BCUT2D eigenvalue weighted by molar-refractivity contribution is -0.212. The average molecular weight is 164 g/mol. The molecular formula is C7H10F2O2. The van der Waals surface area contributed by atoms with E-state index < -0.39 is 17.3 Å². The van der Waals surface area contributed by atoms with Gasteiger partial charge in [0.25, 0.3) is 0 Å². The van der Waals surface area contributed by atoms with Crippen molar-refractivity contribution in [1.82, 2.24) is 0 Å². The Kier molecular flexibility index (Phi) is 1.75. The van der Waals surface area contributed by atoms with Gasteiger partial charge in [-0.1, -0.05) is 0 Å². The molecule has 4 heteroatoms. The second kappa shape index (κ2) is 2.24. The summed E-state index contributed by atoms with van der Waals surface area (Å²) in [6.45, 7) is 0.802. The Balaban J connectivity index is 2.78. The summed E-state index contributed by atoms with van der Waals surface area (Å²) in [7, 11) is 0. The fourth-order valence-electron chi connectivity index (χ4n) is 1.15. The summed E-state index contributed by atoms with van der Waals surface area (Å²) in [5.74, 6) is -4.80. The third-order valence-electron chi connectivity index (χ3n) is 2.21. The lowest BCUT2D eigenvalue weighted by Gasteiger charge is -2.41. The molecule has 0 heterocycles. The van der Waals surface area contributed by atoms with Crippen molar-refractivity contribution in [2.75, 3.05) is 0 Å². The molecule has 1 rings (SSSR count). The fourth-order valence-corrected chi connectivity index (χ4v) is 1.15. The monoisotopic (exact) mass is 164 g/mol. The summed E-state index contributed by atoms with van der Waals surface area (Å²) in [4.78, 5) is 10.4. The Hall–Kier alpha value is -0.510. The minimum Gasteiger partial charge on any atom is -0.383 e. The second-order valence-electron chi connectivity index (χ2n) is 3.02. The van der Waals surface area contributed by atoms with Crippen LogP contribution in [0.15, 0.2) is 0 Å². The minimum absolute atomic E-state index is 0.0274. The normalized spacial score (nSPS) is 22.5.